The number of rotatable bonds is 3. The Labute approximate surface area is 141 Å². The number of carbonyl (C=O) groups excluding carboxylic acids is 1. The van der Waals surface area contributed by atoms with Crippen LogP contribution in [0, 0.1) is 13.8 Å². The molecule has 1 fully saturated rings. The van der Waals surface area contributed by atoms with Gasteiger partial charge in [0.1, 0.15) is 0 Å². The van der Waals surface area contributed by atoms with Crippen molar-refractivity contribution in [1.29, 1.82) is 0 Å². The smallest absolute Gasteiger partial charge is 0.257 e. The van der Waals surface area contributed by atoms with E-state index < -0.39 is 0 Å². The number of aromatic nitrogens is 3. The zero-order valence-corrected chi connectivity index (χ0v) is 14.7. The third-order valence-electron chi connectivity index (χ3n) is 4.84. The number of piperazine rings is 1. The standard InChI is InChI=1S/C17H25N5O2/c1-11-7-16-18-8-15(14(4)22(16)19-11)17(24)21-10-12(2)20(5-6-23)9-13(21)3/h7-8,12-13,23H,5-6,9-10H2,1-4H3. The minimum Gasteiger partial charge on any atom is -0.395 e. The van der Waals surface area contributed by atoms with Crippen LogP contribution in [0.15, 0.2) is 12.3 Å². The highest BCUT2D eigenvalue weighted by atomic mass is 16.3. The largest absolute Gasteiger partial charge is 0.395 e. The predicted octanol–water partition coefficient (Wildman–Crippen LogP) is 0.873. The summed E-state index contributed by atoms with van der Waals surface area (Å²) in [4.78, 5) is 21.6. The SMILES string of the molecule is Cc1cc2ncc(C(=O)N3CC(C)N(CCO)CC3C)c(C)n2n1. The summed E-state index contributed by atoms with van der Waals surface area (Å²) in [7, 11) is 0. The normalized spacial score (nSPS) is 22.3. The lowest BCUT2D eigenvalue weighted by atomic mass is 10.1. The lowest BCUT2D eigenvalue weighted by Gasteiger charge is -2.44. The fraction of sp³-hybridized carbons (Fsp3) is 0.588. The summed E-state index contributed by atoms with van der Waals surface area (Å²) in [5.41, 5.74) is 3.06. The lowest BCUT2D eigenvalue weighted by Crippen LogP contribution is -2.58. The van der Waals surface area contributed by atoms with E-state index >= 15 is 0 Å². The van der Waals surface area contributed by atoms with Crippen LogP contribution in [-0.4, -0.2) is 73.7 Å². The van der Waals surface area contributed by atoms with E-state index in [2.05, 4.69) is 21.9 Å². The Morgan fingerprint density at radius 2 is 2.04 bits per heavy atom. The molecule has 1 saturated heterocycles. The third kappa shape index (κ3) is 2.89. The highest BCUT2D eigenvalue weighted by Gasteiger charge is 2.33. The Bertz CT molecular complexity index is 757. The fourth-order valence-electron chi connectivity index (χ4n) is 3.45. The van der Waals surface area contributed by atoms with Gasteiger partial charge in [0.05, 0.1) is 23.6 Å². The second-order valence-electron chi connectivity index (χ2n) is 6.69. The first-order valence-corrected chi connectivity index (χ1v) is 8.40. The maximum absolute atomic E-state index is 13.1. The molecule has 7 heteroatoms. The average molecular weight is 331 g/mol. The molecule has 24 heavy (non-hydrogen) atoms. The minimum absolute atomic E-state index is 0.00180. The maximum Gasteiger partial charge on any atom is 0.257 e. The summed E-state index contributed by atoms with van der Waals surface area (Å²) in [6.45, 7) is 10.2. The first-order valence-electron chi connectivity index (χ1n) is 8.40. The lowest BCUT2D eigenvalue weighted by molar-refractivity contribution is 0.0264. The molecular weight excluding hydrogens is 306 g/mol. The molecule has 7 nitrogen and oxygen atoms in total. The minimum atomic E-state index is -0.00180. The van der Waals surface area contributed by atoms with E-state index in [1.54, 1.807) is 10.7 Å². The van der Waals surface area contributed by atoms with Crippen LogP contribution in [0.3, 0.4) is 0 Å². The van der Waals surface area contributed by atoms with Gasteiger partial charge in [-0.1, -0.05) is 0 Å². The number of nitrogens with zero attached hydrogens (tertiary/aromatic N) is 5. The first kappa shape index (κ1) is 16.9. The van der Waals surface area contributed by atoms with Crippen LogP contribution in [0.25, 0.3) is 5.65 Å². The van der Waals surface area contributed by atoms with Crippen molar-refractivity contribution in [3.05, 3.63) is 29.2 Å². The molecule has 2 aromatic heterocycles. The van der Waals surface area contributed by atoms with Crippen molar-refractivity contribution in [2.45, 2.75) is 39.8 Å². The van der Waals surface area contributed by atoms with Gasteiger partial charge in [0.15, 0.2) is 5.65 Å². The molecule has 1 amide bonds. The van der Waals surface area contributed by atoms with Crippen LogP contribution in [0.5, 0.6) is 0 Å². The molecule has 130 valence electrons. The van der Waals surface area contributed by atoms with Crippen molar-refractivity contribution in [2.24, 2.45) is 0 Å². The van der Waals surface area contributed by atoms with Crippen LogP contribution < -0.4 is 0 Å². The van der Waals surface area contributed by atoms with E-state index in [1.807, 2.05) is 31.7 Å². The van der Waals surface area contributed by atoms with Gasteiger partial charge < -0.3 is 10.0 Å². The highest BCUT2D eigenvalue weighted by Crippen LogP contribution is 2.20. The topological polar surface area (TPSA) is 74.0 Å². The van der Waals surface area contributed by atoms with Gasteiger partial charge in [-0.2, -0.15) is 5.10 Å². The second-order valence-corrected chi connectivity index (χ2v) is 6.69. The molecule has 2 unspecified atom stereocenters. The summed E-state index contributed by atoms with van der Waals surface area (Å²) in [5.74, 6) is -0.00180. The Kier molecular flexibility index (Phi) is 4.56. The van der Waals surface area contributed by atoms with E-state index in [-0.39, 0.29) is 24.6 Å². The monoisotopic (exact) mass is 331 g/mol. The van der Waals surface area contributed by atoms with Gasteiger partial charge in [0.2, 0.25) is 0 Å². The van der Waals surface area contributed by atoms with Crippen molar-refractivity contribution in [3.8, 4) is 0 Å². The van der Waals surface area contributed by atoms with Gasteiger partial charge in [0.25, 0.3) is 5.91 Å². The van der Waals surface area contributed by atoms with E-state index in [0.717, 1.165) is 23.6 Å². The second kappa shape index (κ2) is 6.49. The van der Waals surface area contributed by atoms with E-state index in [0.29, 0.717) is 18.7 Å². The van der Waals surface area contributed by atoms with Crippen LogP contribution >= 0.6 is 0 Å². The predicted molar refractivity (Wildman–Crippen MR) is 91.1 cm³/mol. The number of aryl methyl sites for hydroxylation is 2. The van der Waals surface area contributed by atoms with Gasteiger partial charge in [-0.05, 0) is 27.7 Å². The van der Waals surface area contributed by atoms with Gasteiger partial charge in [-0.25, -0.2) is 9.50 Å². The number of hydrogen-bond donors (Lipinski definition) is 1. The molecule has 2 atom stereocenters. The van der Waals surface area contributed by atoms with Crippen molar-refractivity contribution < 1.29 is 9.90 Å². The number of aliphatic hydroxyl groups is 1. The summed E-state index contributed by atoms with van der Waals surface area (Å²) in [5, 5.41) is 13.6. The third-order valence-corrected chi connectivity index (χ3v) is 4.84. The molecule has 2 aromatic rings. The Morgan fingerprint density at radius 1 is 1.29 bits per heavy atom. The number of carbonyl (C=O) groups is 1. The maximum atomic E-state index is 13.1. The first-order chi connectivity index (χ1) is 11.4. The number of β-amino-alcohol motifs (C(OH)–C–C–N with tert-alkyl or cyclic N) is 1. The van der Waals surface area contributed by atoms with Gasteiger partial charge in [-0.3, -0.25) is 9.69 Å². The Balaban J connectivity index is 1.87. The molecule has 0 radical (unpaired) electrons. The quantitative estimate of drug-likeness (QED) is 0.903. The van der Waals surface area contributed by atoms with Gasteiger partial charge in [-0.15, -0.1) is 0 Å². The molecule has 1 aliphatic rings. The molecule has 1 N–H and O–H groups in total. The summed E-state index contributed by atoms with van der Waals surface area (Å²) >= 11 is 0. The van der Waals surface area contributed by atoms with E-state index in [1.165, 1.54) is 0 Å². The van der Waals surface area contributed by atoms with Crippen LogP contribution in [0.1, 0.15) is 35.6 Å². The summed E-state index contributed by atoms with van der Waals surface area (Å²) in [6.07, 6.45) is 1.66. The molecule has 0 spiro atoms. The molecule has 3 heterocycles. The molecular formula is C17H25N5O2. The molecule has 3 rings (SSSR count). The molecule has 0 aromatic carbocycles. The van der Waals surface area contributed by atoms with Crippen LogP contribution in [-0.2, 0) is 0 Å². The fourth-order valence-corrected chi connectivity index (χ4v) is 3.45. The van der Waals surface area contributed by atoms with Crippen molar-refractivity contribution in [2.75, 3.05) is 26.2 Å². The molecule has 0 saturated carbocycles. The van der Waals surface area contributed by atoms with Crippen molar-refractivity contribution >= 4 is 11.6 Å². The Hall–Kier alpha value is -1.99. The number of hydrogen-bond acceptors (Lipinski definition) is 5. The van der Waals surface area contributed by atoms with Crippen molar-refractivity contribution in [3.63, 3.8) is 0 Å². The molecule has 0 bridgehead atoms. The van der Waals surface area contributed by atoms with Crippen LogP contribution in [0.2, 0.25) is 0 Å². The number of aliphatic hydroxyl groups excluding tert-OH is 1. The average Bonchev–Trinajstić information content (AvgIpc) is 2.92. The van der Waals surface area contributed by atoms with Gasteiger partial charge >= 0.3 is 0 Å². The Morgan fingerprint density at radius 3 is 2.75 bits per heavy atom. The van der Waals surface area contributed by atoms with Crippen molar-refractivity contribution in [1.82, 2.24) is 24.4 Å². The number of fused-ring (bicyclic) bond motifs is 1. The van der Waals surface area contributed by atoms with Crippen LogP contribution in [0.4, 0.5) is 0 Å². The zero-order valence-electron chi connectivity index (χ0n) is 14.7. The summed E-state index contributed by atoms with van der Waals surface area (Å²) in [6, 6.07) is 2.22. The number of amides is 1. The molecule has 1 aliphatic heterocycles. The van der Waals surface area contributed by atoms with Gasteiger partial charge in [0, 0.05) is 44.0 Å². The van der Waals surface area contributed by atoms with E-state index in [4.69, 9.17) is 0 Å². The highest BCUT2D eigenvalue weighted by molar-refractivity contribution is 5.95. The van der Waals surface area contributed by atoms with E-state index in [9.17, 15) is 9.90 Å². The zero-order chi connectivity index (χ0) is 17.4. The summed E-state index contributed by atoms with van der Waals surface area (Å²) < 4.78 is 1.73. The molecule has 0 aliphatic carbocycles.